The topological polar surface area (TPSA) is 46.2 Å². The first kappa shape index (κ1) is 28.2. The van der Waals surface area contributed by atoms with Crippen LogP contribution in [-0.2, 0) is 31.6 Å². The Morgan fingerprint density at radius 3 is 1.94 bits per heavy atom. The quantitative estimate of drug-likeness (QED) is 0.250. The highest BCUT2D eigenvalue weighted by atomic mass is 19.4. The Morgan fingerprint density at radius 1 is 0.853 bits per heavy atom. The van der Waals surface area contributed by atoms with Crippen LogP contribution in [0.1, 0.15) is 59.6 Å². The SMILES string of the molecule is CC.CCOCOCc1cc(Oc2ccc(C(F)(F)F)cc2)ccc1B1OC(C)(C)C(C)(C)O1. The lowest BCUT2D eigenvalue weighted by Crippen LogP contribution is -2.41. The van der Waals surface area contributed by atoms with Gasteiger partial charge in [0.25, 0.3) is 0 Å². The third-order valence-corrected chi connectivity index (χ3v) is 5.67. The summed E-state index contributed by atoms with van der Waals surface area (Å²) in [6, 6.07) is 9.86. The van der Waals surface area contributed by atoms with Gasteiger partial charge < -0.3 is 23.5 Å². The molecular formula is C25H34BF3O5. The normalized spacial score (nSPS) is 16.7. The minimum Gasteiger partial charge on any atom is -0.457 e. The van der Waals surface area contributed by atoms with Crippen molar-refractivity contribution in [2.75, 3.05) is 13.4 Å². The zero-order valence-corrected chi connectivity index (χ0v) is 20.9. The van der Waals surface area contributed by atoms with Gasteiger partial charge in [-0.15, -0.1) is 0 Å². The van der Waals surface area contributed by atoms with E-state index < -0.39 is 30.1 Å². The molecule has 0 amide bonds. The second-order valence-electron chi connectivity index (χ2n) is 8.53. The second kappa shape index (κ2) is 11.6. The van der Waals surface area contributed by atoms with Crippen molar-refractivity contribution >= 4 is 12.6 Å². The fourth-order valence-corrected chi connectivity index (χ4v) is 3.11. The molecule has 1 aliphatic rings. The molecule has 5 nitrogen and oxygen atoms in total. The first-order chi connectivity index (χ1) is 15.9. The molecule has 0 N–H and O–H groups in total. The first-order valence-electron chi connectivity index (χ1n) is 11.4. The van der Waals surface area contributed by atoms with Gasteiger partial charge in [0.15, 0.2) is 0 Å². The lowest BCUT2D eigenvalue weighted by molar-refractivity contribution is -0.137. The molecule has 0 unspecified atom stereocenters. The first-order valence-corrected chi connectivity index (χ1v) is 11.4. The molecule has 0 saturated carbocycles. The van der Waals surface area contributed by atoms with Crippen LogP contribution in [0.25, 0.3) is 0 Å². The maximum absolute atomic E-state index is 12.8. The molecule has 0 bridgehead atoms. The Hall–Kier alpha value is -2.07. The van der Waals surface area contributed by atoms with E-state index in [1.807, 2.05) is 54.5 Å². The smallest absolute Gasteiger partial charge is 0.457 e. The predicted molar refractivity (Wildman–Crippen MR) is 126 cm³/mol. The molecule has 9 heteroatoms. The van der Waals surface area contributed by atoms with Crippen LogP contribution in [-0.4, -0.2) is 31.7 Å². The van der Waals surface area contributed by atoms with E-state index in [0.717, 1.165) is 23.2 Å². The van der Waals surface area contributed by atoms with Gasteiger partial charge in [-0.1, -0.05) is 19.9 Å². The molecule has 0 radical (unpaired) electrons. The van der Waals surface area contributed by atoms with E-state index in [9.17, 15) is 13.2 Å². The van der Waals surface area contributed by atoms with Crippen molar-refractivity contribution in [1.82, 2.24) is 0 Å². The maximum atomic E-state index is 12.8. The number of hydrogen-bond donors (Lipinski definition) is 0. The van der Waals surface area contributed by atoms with E-state index in [1.165, 1.54) is 12.1 Å². The standard InChI is InChI=1S/C23H28BF3O5.C2H6/c1-6-28-15-29-14-16-13-19(30-18-9-7-17(8-10-18)23(25,26)27)11-12-20(16)24-31-21(2,3)22(4,5)32-24;1-2/h7-13H,6,14-15H2,1-5H3;1-2H3. The number of halogens is 3. The van der Waals surface area contributed by atoms with Crippen molar-refractivity contribution in [3.8, 4) is 11.5 Å². The van der Waals surface area contributed by atoms with Crippen molar-refractivity contribution < 1.29 is 36.7 Å². The molecule has 0 atom stereocenters. The fourth-order valence-electron chi connectivity index (χ4n) is 3.11. The predicted octanol–water partition coefficient (Wildman–Crippen LogP) is 6.33. The van der Waals surface area contributed by atoms with Crippen LogP contribution in [0.5, 0.6) is 11.5 Å². The molecular weight excluding hydrogens is 448 g/mol. The van der Waals surface area contributed by atoms with Gasteiger partial charge in [-0.3, -0.25) is 0 Å². The van der Waals surface area contributed by atoms with Crippen molar-refractivity contribution in [3.63, 3.8) is 0 Å². The molecule has 3 rings (SSSR count). The average molecular weight is 482 g/mol. The Bertz CT molecular complexity index is 898. The minimum atomic E-state index is -4.39. The number of ether oxygens (including phenoxy) is 3. The number of rotatable bonds is 8. The molecule has 1 aliphatic heterocycles. The molecule has 188 valence electrons. The summed E-state index contributed by atoms with van der Waals surface area (Å²) in [4.78, 5) is 0. The van der Waals surface area contributed by atoms with Gasteiger partial charge in [0.2, 0.25) is 0 Å². The molecule has 34 heavy (non-hydrogen) atoms. The molecule has 1 fully saturated rings. The summed E-state index contributed by atoms with van der Waals surface area (Å²) in [5, 5.41) is 0. The van der Waals surface area contributed by atoms with Crippen LogP contribution < -0.4 is 10.2 Å². The van der Waals surface area contributed by atoms with E-state index in [1.54, 1.807) is 12.1 Å². The lowest BCUT2D eigenvalue weighted by atomic mass is 9.76. The zero-order valence-electron chi connectivity index (χ0n) is 20.9. The van der Waals surface area contributed by atoms with Crippen molar-refractivity contribution in [2.45, 2.75) is 72.5 Å². The van der Waals surface area contributed by atoms with Crippen LogP contribution in [0.2, 0.25) is 0 Å². The third-order valence-electron chi connectivity index (χ3n) is 5.67. The number of benzene rings is 2. The highest BCUT2D eigenvalue weighted by molar-refractivity contribution is 6.62. The van der Waals surface area contributed by atoms with Crippen LogP contribution in [0.15, 0.2) is 42.5 Å². The Labute approximate surface area is 200 Å². The Morgan fingerprint density at radius 2 is 1.41 bits per heavy atom. The van der Waals surface area contributed by atoms with Crippen LogP contribution in [0.4, 0.5) is 13.2 Å². The fraction of sp³-hybridized carbons (Fsp3) is 0.520. The molecule has 0 spiro atoms. The Balaban J connectivity index is 0.00000199. The number of hydrogen-bond acceptors (Lipinski definition) is 5. The van der Waals surface area contributed by atoms with Gasteiger partial charge in [-0.2, -0.15) is 13.2 Å². The summed E-state index contributed by atoms with van der Waals surface area (Å²) in [5.41, 5.74) is -0.175. The number of alkyl halides is 3. The van der Waals surface area contributed by atoms with Gasteiger partial charge in [0.05, 0.1) is 23.4 Å². The van der Waals surface area contributed by atoms with Gasteiger partial charge >= 0.3 is 13.3 Å². The molecule has 0 aliphatic carbocycles. The maximum Gasteiger partial charge on any atom is 0.495 e. The molecule has 0 aromatic heterocycles. The summed E-state index contributed by atoms with van der Waals surface area (Å²) in [6.45, 7) is 14.6. The monoisotopic (exact) mass is 482 g/mol. The summed E-state index contributed by atoms with van der Waals surface area (Å²) in [6.07, 6.45) is -4.39. The Kier molecular flexibility index (Phi) is 9.59. The van der Waals surface area contributed by atoms with E-state index in [2.05, 4.69) is 0 Å². The van der Waals surface area contributed by atoms with E-state index in [-0.39, 0.29) is 13.4 Å². The van der Waals surface area contributed by atoms with Gasteiger partial charge in [-0.25, -0.2) is 0 Å². The lowest BCUT2D eigenvalue weighted by Gasteiger charge is -2.32. The largest absolute Gasteiger partial charge is 0.495 e. The van der Waals surface area contributed by atoms with Crippen LogP contribution in [0.3, 0.4) is 0 Å². The molecule has 1 saturated heterocycles. The van der Waals surface area contributed by atoms with Crippen LogP contribution >= 0.6 is 0 Å². The second-order valence-corrected chi connectivity index (χ2v) is 8.53. The van der Waals surface area contributed by atoms with Gasteiger partial charge in [-0.05, 0) is 82.0 Å². The van der Waals surface area contributed by atoms with E-state index in [0.29, 0.717) is 18.1 Å². The summed E-state index contributed by atoms with van der Waals surface area (Å²) in [7, 11) is -0.592. The highest BCUT2D eigenvalue weighted by Crippen LogP contribution is 2.37. The van der Waals surface area contributed by atoms with E-state index in [4.69, 9.17) is 23.5 Å². The summed E-state index contributed by atoms with van der Waals surface area (Å²) < 4.78 is 67.3. The summed E-state index contributed by atoms with van der Waals surface area (Å²) in [5.74, 6) is 0.752. The van der Waals surface area contributed by atoms with Crippen molar-refractivity contribution in [1.29, 1.82) is 0 Å². The highest BCUT2D eigenvalue weighted by Gasteiger charge is 2.52. The molecule has 2 aromatic rings. The zero-order chi connectivity index (χ0) is 25.6. The molecule has 2 aromatic carbocycles. The van der Waals surface area contributed by atoms with Gasteiger partial charge in [0, 0.05) is 6.61 Å². The van der Waals surface area contributed by atoms with E-state index >= 15 is 0 Å². The van der Waals surface area contributed by atoms with Gasteiger partial charge in [0.1, 0.15) is 18.3 Å². The minimum absolute atomic E-state index is 0.128. The average Bonchev–Trinajstić information content (AvgIpc) is 2.99. The van der Waals surface area contributed by atoms with Crippen molar-refractivity contribution in [3.05, 3.63) is 53.6 Å². The van der Waals surface area contributed by atoms with Crippen molar-refractivity contribution in [2.24, 2.45) is 0 Å². The molecule has 1 heterocycles. The summed E-state index contributed by atoms with van der Waals surface area (Å²) >= 11 is 0. The van der Waals surface area contributed by atoms with Crippen LogP contribution in [0, 0.1) is 0 Å². The third kappa shape index (κ3) is 6.98.